The molecule has 1 aliphatic rings. The summed E-state index contributed by atoms with van der Waals surface area (Å²) in [7, 11) is 0. The van der Waals surface area contributed by atoms with Crippen molar-refractivity contribution in [2.45, 2.75) is 26.4 Å². The van der Waals surface area contributed by atoms with Crippen molar-refractivity contribution in [2.75, 3.05) is 19.6 Å². The molecule has 2 aromatic heterocycles. The summed E-state index contributed by atoms with van der Waals surface area (Å²) in [5, 5.41) is 0. The number of rotatable bonds is 5. The van der Waals surface area contributed by atoms with Gasteiger partial charge in [0.05, 0.1) is 5.56 Å². The molecule has 0 aromatic carbocycles. The molecule has 0 atom stereocenters. The zero-order valence-corrected chi connectivity index (χ0v) is 13.6. The Balaban J connectivity index is 1.56. The predicted molar refractivity (Wildman–Crippen MR) is 89.0 cm³/mol. The first kappa shape index (κ1) is 15.6. The zero-order chi connectivity index (χ0) is 16.2. The van der Waals surface area contributed by atoms with E-state index in [4.69, 9.17) is 0 Å². The Hall–Kier alpha value is -2.27. The minimum atomic E-state index is 0.0775. The maximum absolute atomic E-state index is 12.4. The highest BCUT2D eigenvalue weighted by Gasteiger charge is 2.34. The van der Waals surface area contributed by atoms with Crippen LogP contribution in [0.4, 0.5) is 0 Å². The van der Waals surface area contributed by atoms with Crippen LogP contribution >= 0.6 is 0 Å². The lowest BCUT2D eigenvalue weighted by molar-refractivity contribution is 0.0253. The summed E-state index contributed by atoms with van der Waals surface area (Å²) < 4.78 is 0. The standard InChI is InChI=1S/C18H22N4O/c1-3-21(11-15-6-8-19-9-7-15)17-12-22(13-17)18(23)16-5-4-14(2)20-10-16/h4-10,17H,3,11-13H2,1-2H3. The van der Waals surface area contributed by atoms with Gasteiger partial charge in [0.2, 0.25) is 0 Å². The van der Waals surface area contributed by atoms with Crippen molar-refractivity contribution in [3.05, 3.63) is 59.7 Å². The maximum Gasteiger partial charge on any atom is 0.255 e. The van der Waals surface area contributed by atoms with Crippen LogP contribution in [-0.4, -0.2) is 51.4 Å². The van der Waals surface area contributed by atoms with E-state index >= 15 is 0 Å². The number of aryl methyl sites for hydroxylation is 1. The third-order valence-corrected chi connectivity index (χ3v) is 4.37. The quantitative estimate of drug-likeness (QED) is 0.849. The lowest BCUT2D eigenvalue weighted by Gasteiger charge is -2.45. The zero-order valence-electron chi connectivity index (χ0n) is 13.6. The molecule has 0 saturated carbocycles. The normalized spacial score (nSPS) is 14.8. The van der Waals surface area contributed by atoms with Crippen molar-refractivity contribution in [1.82, 2.24) is 19.8 Å². The summed E-state index contributed by atoms with van der Waals surface area (Å²) in [4.78, 5) is 25.0. The van der Waals surface area contributed by atoms with E-state index in [1.807, 2.05) is 48.5 Å². The number of nitrogens with zero attached hydrogens (tertiary/aromatic N) is 4. The number of likely N-dealkylation sites (N-methyl/N-ethyl adjacent to an activating group) is 1. The molecule has 1 amide bonds. The molecule has 3 rings (SSSR count). The Morgan fingerprint density at radius 2 is 2.00 bits per heavy atom. The van der Waals surface area contributed by atoms with Crippen molar-refractivity contribution in [3.8, 4) is 0 Å². The van der Waals surface area contributed by atoms with E-state index in [1.165, 1.54) is 5.56 Å². The highest BCUT2D eigenvalue weighted by molar-refractivity contribution is 5.94. The maximum atomic E-state index is 12.4. The number of aromatic nitrogens is 2. The smallest absolute Gasteiger partial charge is 0.255 e. The van der Waals surface area contributed by atoms with Crippen LogP contribution in [0.3, 0.4) is 0 Å². The van der Waals surface area contributed by atoms with E-state index in [2.05, 4.69) is 21.8 Å². The van der Waals surface area contributed by atoms with E-state index in [0.29, 0.717) is 11.6 Å². The van der Waals surface area contributed by atoms with Gasteiger partial charge >= 0.3 is 0 Å². The molecule has 0 N–H and O–H groups in total. The summed E-state index contributed by atoms with van der Waals surface area (Å²) in [6.07, 6.45) is 5.31. The van der Waals surface area contributed by atoms with Crippen molar-refractivity contribution < 1.29 is 4.79 Å². The molecule has 3 heterocycles. The fraction of sp³-hybridized carbons (Fsp3) is 0.389. The van der Waals surface area contributed by atoms with Gasteiger partial charge in [-0.1, -0.05) is 6.92 Å². The molecule has 120 valence electrons. The first-order valence-electron chi connectivity index (χ1n) is 8.02. The summed E-state index contributed by atoms with van der Waals surface area (Å²) >= 11 is 0. The number of carbonyl (C=O) groups excluding carboxylic acids is 1. The van der Waals surface area contributed by atoms with Crippen molar-refractivity contribution >= 4 is 5.91 Å². The second-order valence-electron chi connectivity index (χ2n) is 5.97. The van der Waals surface area contributed by atoms with Crippen LogP contribution < -0.4 is 0 Å². The minimum Gasteiger partial charge on any atom is -0.335 e. The summed E-state index contributed by atoms with van der Waals surface area (Å²) in [6, 6.07) is 8.25. The van der Waals surface area contributed by atoms with Crippen LogP contribution in [0.2, 0.25) is 0 Å². The van der Waals surface area contributed by atoms with Gasteiger partial charge in [-0.3, -0.25) is 19.7 Å². The number of likely N-dealkylation sites (tertiary alicyclic amines) is 1. The average molecular weight is 310 g/mol. The van der Waals surface area contributed by atoms with Gasteiger partial charge in [0.1, 0.15) is 0 Å². The summed E-state index contributed by atoms with van der Waals surface area (Å²) in [5.41, 5.74) is 2.86. The molecule has 1 aliphatic heterocycles. The SMILES string of the molecule is CCN(Cc1ccncc1)C1CN(C(=O)c2ccc(C)nc2)C1. The molecule has 1 saturated heterocycles. The predicted octanol–water partition coefficient (Wildman–Crippen LogP) is 2.13. The van der Waals surface area contributed by atoms with Gasteiger partial charge in [-0.25, -0.2) is 0 Å². The Bertz CT molecular complexity index is 650. The highest BCUT2D eigenvalue weighted by Crippen LogP contribution is 2.19. The average Bonchev–Trinajstić information content (AvgIpc) is 2.54. The summed E-state index contributed by atoms with van der Waals surface area (Å²) in [5.74, 6) is 0.0775. The van der Waals surface area contributed by atoms with Crippen LogP contribution in [-0.2, 0) is 6.54 Å². The fourth-order valence-electron chi connectivity index (χ4n) is 2.85. The van der Waals surface area contributed by atoms with Crippen LogP contribution in [0.1, 0.15) is 28.5 Å². The van der Waals surface area contributed by atoms with Gasteiger partial charge in [-0.05, 0) is 43.3 Å². The largest absolute Gasteiger partial charge is 0.335 e. The lowest BCUT2D eigenvalue weighted by atomic mass is 10.0. The second-order valence-corrected chi connectivity index (χ2v) is 5.97. The topological polar surface area (TPSA) is 49.3 Å². The number of hydrogen-bond donors (Lipinski definition) is 0. The Morgan fingerprint density at radius 1 is 1.26 bits per heavy atom. The van der Waals surface area contributed by atoms with Crippen LogP contribution in [0, 0.1) is 6.92 Å². The number of carbonyl (C=O) groups is 1. The summed E-state index contributed by atoms with van der Waals surface area (Å²) in [6.45, 7) is 7.53. The van der Waals surface area contributed by atoms with E-state index in [1.54, 1.807) is 6.20 Å². The molecule has 0 bridgehead atoms. The molecule has 1 fully saturated rings. The minimum absolute atomic E-state index is 0.0775. The van der Waals surface area contributed by atoms with Crippen LogP contribution in [0.25, 0.3) is 0 Å². The monoisotopic (exact) mass is 310 g/mol. The van der Waals surface area contributed by atoms with Crippen LogP contribution in [0.5, 0.6) is 0 Å². The van der Waals surface area contributed by atoms with E-state index < -0.39 is 0 Å². The number of pyridine rings is 2. The molecular formula is C18H22N4O. The van der Waals surface area contributed by atoms with Gasteiger partial charge in [-0.15, -0.1) is 0 Å². The first-order chi connectivity index (χ1) is 11.2. The molecule has 0 radical (unpaired) electrons. The molecule has 5 heteroatoms. The molecule has 0 aliphatic carbocycles. The molecule has 0 spiro atoms. The van der Waals surface area contributed by atoms with Crippen molar-refractivity contribution in [2.24, 2.45) is 0 Å². The molecular weight excluding hydrogens is 288 g/mol. The van der Waals surface area contributed by atoms with Gasteiger partial charge in [0.15, 0.2) is 0 Å². The third-order valence-electron chi connectivity index (χ3n) is 4.37. The second kappa shape index (κ2) is 6.87. The van der Waals surface area contributed by atoms with Gasteiger partial charge < -0.3 is 4.90 Å². The Labute approximate surface area is 137 Å². The molecule has 5 nitrogen and oxygen atoms in total. The van der Waals surface area contributed by atoms with E-state index in [-0.39, 0.29) is 5.91 Å². The lowest BCUT2D eigenvalue weighted by Crippen LogP contribution is -2.60. The number of hydrogen-bond acceptors (Lipinski definition) is 4. The van der Waals surface area contributed by atoms with Crippen LogP contribution in [0.15, 0.2) is 42.9 Å². The van der Waals surface area contributed by atoms with Gasteiger partial charge in [-0.2, -0.15) is 0 Å². The van der Waals surface area contributed by atoms with Crippen molar-refractivity contribution in [3.63, 3.8) is 0 Å². The van der Waals surface area contributed by atoms with E-state index in [9.17, 15) is 4.79 Å². The fourth-order valence-corrected chi connectivity index (χ4v) is 2.85. The number of amides is 1. The van der Waals surface area contributed by atoms with Crippen molar-refractivity contribution in [1.29, 1.82) is 0 Å². The molecule has 2 aromatic rings. The Kier molecular flexibility index (Phi) is 4.67. The third kappa shape index (κ3) is 3.56. The Morgan fingerprint density at radius 3 is 2.61 bits per heavy atom. The molecule has 23 heavy (non-hydrogen) atoms. The first-order valence-corrected chi connectivity index (χ1v) is 8.02. The molecule has 0 unspecified atom stereocenters. The highest BCUT2D eigenvalue weighted by atomic mass is 16.2. The van der Waals surface area contributed by atoms with E-state index in [0.717, 1.165) is 31.9 Å². The van der Waals surface area contributed by atoms with Gasteiger partial charge in [0, 0.05) is 50.0 Å². The van der Waals surface area contributed by atoms with Gasteiger partial charge in [0.25, 0.3) is 5.91 Å².